The Bertz CT molecular complexity index is 626. The summed E-state index contributed by atoms with van der Waals surface area (Å²) in [4.78, 5) is 16.2. The molecule has 0 aliphatic carbocycles. The van der Waals surface area contributed by atoms with Gasteiger partial charge < -0.3 is 10.6 Å². The number of halogens is 1. The van der Waals surface area contributed by atoms with Crippen LogP contribution in [0.2, 0.25) is 0 Å². The molecule has 6 nitrogen and oxygen atoms in total. The quantitative estimate of drug-likeness (QED) is 0.832. The first-order valence-corrected chi connectivity index (χ1v) is 6.11. The lowest BCUT2D eigenvalue weighted by atomic mass is 10.2. The Morgan fingerprint density at radius 3 is 3.21 bits per heavy atom. The van der Waals surface area contributed by atoms with E-state index in [-0.39, 0.29) is 18.9 Å². The topological polar surface area (TPSA) is 71.8 Å². The number of rotatable bonds is 2. The first-order chi connectivity index (χ1) is 9.15. The van der Waals surface area contributed by atoms with Crippen molar-refractivity contribution in [2.24, 2.45) is 7.05 Å². The van der Waals surface area contributed by atoms with E-state index < -0.39 is 12.2 Å². The summed E-state index contributed by atoms with van der Waals surface area (Å²) in [7, 11) is 1.76. The summed E-state index contributed by atoms with van der Waals surface area (Å²) in [5.74, 6) is 0.198. The molecule has 1 amide bonds. The van der Waals surface area contributed by atoms with Gasteiger partial charge in [-0.3, -0.25) is 4.79 Å². The van der Waals surface area contributed by atoms with Crippen molar-refractivity contribution in [1.82, 2.24) is 20.1 Å². The lowest BCUT2D eigenvalue weighted by Crippen LogP contribution is -2.35. The van der Waals surface area contributed by atoms with Gasteiger partial charge in [-0.2, -0.15) is 5.10 Å². The van der Waals surface area contributed by atoms with Gasteiger partial charge in [-0.1, -0.05) is 0 Å². The van der Waals surface area contributed by atoms with E-state index in [4.69, 9.17) is 0 Å². The fraction of sp³-hybridized carbons (Fsp3) is 0.417. The number of carbonyl (C=O) groups excluding carboxylic acids is 1. The molecular weight excluding hydrogens is 249 g/mol. The van der Waals surface area contributed by atoms with Gasteiger partial charge in [-0.25, -0.2) is 14.1 Å². The maximum atomic E-state index is 13.1. The Hall–Kier alpha value is -2.02. The van der Waals surface area contributed by atoms with Crippen molar-refractivity contribution < 1.29 is 9.18 Å². The molecule has 2 N–H and O–H groups in total. The monoisotopic (exact) mass is 263 g/mol. The number of amides is 1. The van der Waals surface area contributed by atoms with Gasteiger partial charge in [0.05, 0.1) is 11.4 Å². The van der Waals surface area contributed by atoms with Crippen molar-refractivity contribution in [3.63, 3.8) is 0 Å². The van der Waals surface area contributed by atoms with Crippen molar-refractivity contribution in [3.05, 3.63) is 18.3 Å². The van der Waals surface area contributed by atoms with E-state index in [0.717, 1.165) is 5.39 Å². The third kappa shape index (κ3) is 2.17. The van der Waals surface area contributed by atoms with E-state index in [1.165, 1.54) is 0 Å². The number of pyridine rings is 1. The second-order valence-electron chi connectivity index (χ2n) is 4.63. The molecule has 3 heterocycles. The summed E-state index contributed by atoms with van der Waals surface area (Å²) in [6.45, 7) is 0.225. The lowest BCUT2D eigenvalue weighted by molar-refractivity contribution is -0.117. The molecule has 0 unspecified atom stereocenters. The molecule has 7 heteroatoms. The van der Waals surface area contributed by atoms with Gasteiger partial charge in [-0.05, 0) is 12.1 Å². The number of hydrogen-bond donors (Lipinski definition) is 2. The number of carbonyl (C=O) groups is 1. The Balaban J connectivity index is 1.83. The van der Waals surface area contributed by atoms with E-state index >= 15 is 0 Å². The highest BCUT2D eigenvalue weighted by Crippen LogP contribution is 2.20. The van der Waals surface area contributed by atoms with Gasteiger partial charge in [0.25, 0.3) is 0 Å². The van der Waals surface area contributed by atoms with Crippen LogP contribution in [0.25, 0.3) is 11.0 Å². The first-order valence-electron chi connectivity index (χ1n) is 6.11. The van der Waals surface area contributed by atoms with Crippen LogP contribution < -0.4 is 10.6 Å². The molecule has 2 aromatic rings. The van der Waals surface area contributed by atoms with E-state index in [9.17, 15) is 9.18 Å². The molecule has 19 heavy (non-hydrogen) atoms. The van der Waals surface area contributed by atoms with Crippen LogP contribution in [-0.2, 0) is 11.8 Å². The minimum absolute atomic E-state index is 0.203. The van der Waals surface area contributed by atoms with Crippen LogP contribution in [0.15, 0.2) is 18.3 Å². The SMILES string of the molecule is Cn1nc(NC(=O)[C@@H]2C[C@@H](F)CN2)c2cccnc21. The number of fused-ring (bicyclic) bond motifs is 1. The summed E-state index contributed by atoms with van der Waals surface area (Å²) < 4.78 is 14.7. The zero-order chi connectivity index (χ0) is 13.4. The van der Waals surface area contributed by atoms with Gasteiger partial charge >= 0.3 is 0 Å². The van der Waals surface area contributed by atoms with E-state index in [2.05, 4.69) is 20.7 Å². The highest BCUT2D eigenvalue weighted by Gasteiger charge is 2.29. The lowest BCUT2D eigenvalue weighted by Gasteiger charge is -2.08. The minimum Gasteiger partial charge on any atom is -0.307 e. The second kappa shape index (κ2) is 4.58. The first kappa shape index (κ1) is 12.0. The van der Waals surface area contributed by atoms with Crippen molar-refractivity contribution in [1.29, 1.82) is 0 Å². The zero-order valence-electron chi connectivity index (χ0n) is 10.4. The molecule has 0 aromatic carbocycles. The summed E-state index contributed by atoms with van der Waals surface area (Å²) in [6, 6.07) is 3.12. The van der Waals surface area contributed by atoms with Crippen LogP contribution >= 0.6 is 0 Å². The molecule has 1 fully saturated rings. The van der Waals surface area contributed by atoms with Crippen LogP contribution in [0.4, 0.5) is 10.2 Å². The highest BCUT2D eigenvalue weighted by atomic mass is 19.1. The average molecular weight is 263 g/mol. The Labute approximate surface area is 109 Å². The number of aromatic nitrogens is 3. The predicted octanol–water partition coefficient (Wildman–Crippen LogP) is 0.607. The molecule has 1 aliphatic heterocycles. The van der Waals surface area contributed by atoms with Gasteiger partial charge in [0, 0.05) is 26.2 Å². The number of aryl methyl sites for hydroxylation is 1. The standard InChI is InChI=1S/C12H14FN5O/c1-18-11-8(3-2-4-14-11)10(17-18)16-12(19)9-5-7(13)6-15-9/h2-4,7,9,15H,5-6H2,1H3,(H,16,17,19)/t7-,9+/m1/s1. The van der Waals surface area contributed by atoms with Crippen LogP contribution in [0, 0.1) is 0 Å². The number of anilines is 1. The van der Waals surface area contributed by atoms with Crippen LogP contribution in [0.3, 0.4) is 0 Å². The summed E-state index contributed by atoms with van der Waals surface area (Å²) in [5, 5.41) is 10.6. The molecule has 0 radical (unpaired) electrons. The number of alkyl halides is 1. The smallest absolute Gasteiger partial charge is 0.242 e. The Morgan fingerprint density at radius 2 is 2.47 bits per heavy atom. The highest BCUT2D eigenvalue weighted by molar-refractivity contribution is 6.01. The van der Waals surface area contributed by atoms with Crippen molar-refractivity contribution in [2.45, 2.75) is 18.6 Å². The van der Waals surface area contributed by atoms with E-state index in [1.807, 2.05) is 6.07 Å². The average Bonchev–Trinajstić information content (AvgIpc) is 2.96. The molecule has 1 saturated heterocycles. The zero-order valence-corrected chi connectivity index (χ0v) is 10.4. The fourth-order valence-electron chi connectivity index (χ4n) is 2.28. The van der Waals surface area contributed by atoms with Crippen molar-refractivity contribution in [2.75, 3.05) is 11.9 Å². The molecule has 0 bridgehead atoms. The van der Waals surface area contributed by atoms with E-state index in [0.29, 0.717) is 11.5 Å². The fourth-order valence-corrected chi connectivity index (χ4v) is 2.28. The number of nitrogens with zero attached hydrogens (tertiary/aromatic N) is 3. The largest absolute Gasteiger partial charge is 0.307 e. The van der Waals surface area contributed by atoms with Crippen LogP contribution in [-0.4, -0.2) is 39.4 Å². The summed E-state index contributed by atoms with van der Waals surface area (Å²) in [5.41, 5.74) is 0.695. The molecule has 3 rings (SSSR count). The van der Waals surface area contributed by atoms with Crippen LogP contribution in [0.5, 0.6) is 0 Å². The molecular formula is C12H14FN5O. The van der Waals surface area contributed by atoms with Crippen molar-refractivity contribution >= 4 is 22.8 Å². The number of hydrogen-bond acceptors (Lipinski definition) is 4. The third-order valence-corrected chi connectivity index (χ3v) is 3.23. The van der Waals surface area contributed by atoms with Crippen molar-refractivity contribution in [3.8, 4) is 0 Å². The van der Waals surface area contributed by atoms with E-state index in [1.54, 1.807) is 24.0 Å². The predicted molar refractivity (Wildman–Crippen MR) is 68.4 cm³/mol. The number of nitrogens with one attached hydrogen (secondary N) is 2. The van der Waals surface area contributed by atoms with Crippen LogP contribution in [0.1, 0.15) is 6.42 Å². The minimum atomic E-state index is -0.960. The maximum absolute atomic E-state index is 13.1. The van der Waals surface area contributed by atoms with Gasteiger partial charge in [0.2, 0.25) is 5.91 Å². The normalized spacial score (nSPS) is 22.8. The molecule has 2 atom stereocenters. The molecule has 100 valence electrons. The second-order valence-corrected chi connectivity index (χ2v) is 4.63. The summed E-state index contributed by atoms with van der Waals surface area (Å²) in [6.07, 6.45) is 0.911. The Morgan fingerprint density at radius 1 is 1.63 bits per heavy atom. The molecule has 1 aliphatic rings. The molecule has 0 spiro atoms. The van der Waals surface area contributed by atoms with Gasteiger partial charge in [-0.15, -0.1) is 0 Å². The summed E-state index contributed by atoms with van der Waals surface area (Å²) >= 11 is 0. The maximum Gasteiger partial charge on any atom is 0.242 e. The third-order valence-electron chi connectivity index (χ3n) is 3.23. The van der Waals surface area contributed by atoms with Gasteiger partial charge in [0.15, 0.2) is 11.5 Å². The van der Waals surface area contributed by atoms with Gasteiger partial charge in [0.1, 0.15) is 6.17 Å². The molecule has 2 aromatic heterocycles. The Kier molecular flexibility index (Phi) is 2.90. The molecule has 0 saturated carbocycles.